The monoisotopic (exact) mass is 486 g/mol. The largest absolute Gasteiger partial charge is 0.457 e. The number of anilines is 1. The van der Waals surface area contributed by atoms with Gasteiger partial charge in [-0.15, -0.1) is 22.7 Å². The fraction of sp³-hybridized carbons (Fsp3) is 0.0385. The molecule has 0 fully saturated rings. The molecule has 2 aromatic heterocycles. The second-order valence-electron chi connectivity index (χ2n) is 7.22. The molecule has 0 saturated carbocycles. The van der Waals surface area contributed by atoms with Crippen LogP contribution in [0.15, 0.2) is 91.0 Å². The van der Waals surface area contributed by atoms with E-state index in [1.807, 2.05) is 60.7 Å². The molecule has 0 aliphatic rings. The molecule has 5 aromatic rings. The van der Waals surface area contributed by atoms with E-state index in [-0.39, 0.29) is 0 Å². The molecule has 5 rings (SSSR count). The Balaban J connectivity index is 1.17. The highest BCUT2D eigenvalue weighted by atomic mass is 32.1. The third-order valence-corrected chi connectivity index (χ3v) is 7.01. The lowest BCUT2D eigenvalue weighted by atomic mass is 10.3. The quantitative estimate of drug-likeness (QED) is 0.262. The van der Waals surface area contributed by atoms with Gasteiger partial charge in [0.1, 0.15) is 21.4 Å². The normalized spacial score (nSPS) is 10.7. The molecule has 168 valence electrons. The Hall–Kier alpha value is -4.01. The summed E-state index contributed by atoms with van der Waals surface area (Å²) in [6.07, 6.45) is 0. The number of hydrogen-bond acceptors (Lipinski definition) is 7. The van der Waals surface area contributed by atoms with Gasteiger partial charge in [0.15, 0.2) is 6.61 Å². The number of amides is 1. The van der Waals surface area contributed by atoms with Crippen LogP contribution in [0.5, 0.6) is 11.5 Å². The first-order valence-corrected chi connectivity index (χ1v) is 12.0. The van der Waals surface area contributed by atoms with Gasteiger partial charge in [-0.2, -0.15) is 0 Å². The molecule has 0 radical (unpaired) electrons. The van der Waals surface area contributed by atoms with Crippen LogP contribution in [-0.2, 0) is 9.53 Å². The average molecular weight is 487 g/mol. The number of para-hydroxylation sites is 2. The number of fused-ring (bicyclic) bond motifs is 1. The van der Waals surface area contributed by atoms with Gasteiger partial charge in [0.05, 0.1) is 15.1 Å². The number of thiazole rings is 1. The number of benzene rings is 3. The number of hydrogen-bond donors (Lipinski definition) is 1. The lowest BCUT2D eigenvalue weighted by molar-refractivity contribution is -0.119. The van der Waals surface area contributed by atoms with Gasteiger partial charge >= 0.3 is 5.97 Å². The summed E-state index contributed by atoms with van der Waals surface area (Å²) in [5, 5.41) is 3.57. The van der Waals surface area contributed by atoms with E-state index in [9.17, 15) is 9.59 Å². The molecule has 6 nitrogen and oxygen atoms in total. The molecule has 34 heavy (non-hydrogen) atoms. The van der Waals surface area contributed by atoms with E-state index in [2.05, 4.69) is 10.3 Å². The first-order valence-electron chi connectivity index (χ1n) is 10.4. The Morgan fingerprint density at radius 2 is 1.62 bits per heavy atom. The van der Waals surface area contributed by atoms with E-state index in [1.165, 1.54) is 11.3 Å². The molecule has 0 saturated heterocycles. The predicted molar refractivity (Wildman–Crippen MR) is 135 cm³/mol. The Morgan fingerprint density at radius 3 is 2.47 bits per heavy atom. The van der Waals surface area contributed by atoms with Crippen molar-refractivity contribution in [1.82, 2.24) is 4.98 Å². The number of nitrogens with zero attached hydrogens (tertiary/aromatic N) is 1. The lowest BCUT2D eigenvalue weighted by Crippen LogP contribution is -2.20. The number of ether oxygens (including phenoxy) is 2. The van der Waals surface area contributed by atoms with Gasteiger partial charge in [0.25, 0.3) is 5.91 Å². The Kier molecular flexibility index (Phi) is 6.33. The summed E-state index contributed by atoms with van der Waals surface area (Å²) < 4.78 is 12.1. The van der Waals surface area contributed by atoms with Crippen LogP contribution in [-0.4, -0.2) is 23.5 Å². The molecule has 1 N–H and O–H groups in total. The first-order chi connectivity index (χ1) is 16.6. The second-order valence-corrected chi connectivity index (χ2v) is 9.33. The van der Waals surface area contributed by atoms with Crippen molar-refractivity contribution in [3.05, 3.63) is 95.9 Å². The SMILES string of the molecule is O=C(COC(=O)c1ccc(-c2nc3ccccc3s2)s1)Nc1cccc(Oc2ccccc2)c1. The van der Waals surface area contributed by atoms with Crippen LogP contribution in [0.25, 0.3) is 20.1 Å². The van der Waals surface area contributed by atoms with Crippen molar-refractivity contribution >= 4 is 50.5 Å². The zero-order valence-electron chi connectivity index (χ0n) is 17.8. The van der Waals surface area contributed by atoms with Crippen LogP contribution in [0, 0.1) is 0 Å². The van der Waals surface area contributed by atoms with Crippen molar-refractivity contribution in [3.63, 3.8) is 0 Å². The van der Waals surface area contributed by atoms with Crippen LogP contribution < -0.4 is 10.1 Å². The third-order valence-electron chi connectivity index (χ3n) is 4.74. The molecular formula is C26H18N2O4S2. The number of thiophene rings is 1. The summed E-state index contributed by atoms with van der Waals surface area (Å²) in [5.74, 6) is 0.296. The average Bonchev–Trinajstić information content (AvgIpc) is 3.51. The van der Waals surface area contributed by atoms with Crippen molar-refractivity contribution < 1.29 is 19.1 Å². The van der Waals surface area contributed by atoms with Gasteiger partial charge in [0.2, 0.25) is 0 Å². The van der Waals surface area contributed by atoms with Crippen molar-refractivity contribution in [1.29, 1.82) is 0 Å². The van der Waals surface area contributed by atoms with Crippen molar-refractivity contribution in [3.8, 4) is 21.4 Å². The number of nitrogens with one attached hydrogen (secondary N) is 1. The van der Waals surface area contributed by atoms with Crippen LogP contribution in [0.4, 0.5) is 5.69 Å². The van der Waals surface area contributed by atoms with Crippen molar-refractivity contribution in [2.24, 2.45) is 0 Å². The molecule has 1 amide bonds. The van der Waals surface area contributed by atoms with Gasteiger partial charge < -0.3 is 14.8 Å². The van der Waals surface area contributed by atoms with Gasteiger partial charge in [-0.1, -0.05) is 36.4 Å². The third kappa shape index (κ3) is 5.14. The number of esters is 1. The zero-order valence-corrected chi connectivity index (χ0v) is 19.4. The summed E-state index contributed by atoms with van der Waals surface area (Å²) in [5.41, 5.74) is 1.47. The summed E-state index contributed by atoms with van der Waals surface area (Å²) in [7, 11) is 0. The molecular weight excluding hydrogens is 468 g/mol. The summed E-state index contributed by atoms with van der Waals surface area (Å²) >= 11 is 2.86. The number of aromatic nitrogens is 1. The van der Waals surface area contributed by atoms with Gasteiger partial charge in [-0.3, -0.25) is 4.79 Å². The topological polar surface area (TPSA) is 77.5 Å². The molecule has 8 heteroatoms. The molecule has 0 spiro atoms. The zero-order chi connectivity index (χ0) is 23.3. The second kappa shape index (κ2) is 9.86. The van der Waals surface area contributed by atoms with Crippen LogP contribution in [0.1, 0.15) is 9.67 Å². The predicted octanol–water partition coefficient (Wildman–Crippen LogP) is 6.61. The minimum absolute atomic E-state index is 0.392. The maximum Gasteiger partial charge on any atom is 0.348 e. The van der Waals surface area contributed by atoms with Gasteiger partial charge in [-0.25, -0.2) is 9.78 Å². The van der Waals surface area contributed by atoms with Crippen LogP contribution in [0.2, 0.25) is 0 Å². The molecule has 0 unspecified atom stereocenters. The van der Waals surface area contributed by atoms with Gasteiger partial charge in [-0.05, 0) is 48.5 Å². The van der Waals surface area contributed by atoms with Crippen molar-refractivity contribution in [2.45, 2.75) is 0 Å². The van der Waals surface area contributed by atoms with E-state index in [0.29, 0.717) is 22.1 Å². The Labute approximate surface area is 203 Å². The summed E-state index contributed by atoms with van der Waals surface area (Å²) in [6.45, 7) is -0.392. The highest BCUT2D eigenvalue weighted by molar-refractivity contribution is 7.26. The number of carbonyl (C=O) groups is 2. The van der Waals surface area contributed by atoms with Crippen LogP contribution in [0.3, 0.4) is 0 Å². The fourth-order valence-corrected chi connectivity index (χ4v) is 5.12. The highest BCUT2D eigenvalue weighted by Crippen LogP contribution is 2.34. The smallest absolute Gasteiger partial charge is 0.348 e. The summed E-state index contributed by atoms with van der Waals surface area (Å²) in [6, 6.07) is 27.8. The number of rotatable bonds is 7. The first kappa shape index (κ1) is 21.8. The van der Waals surface area contributed by atoms with E-state index >= 15 is 0 Å². The molecule has 2 heterocycles. The molecule has 0 aliphatic carbocycles. The lowest BCUT2D eigenvalue weighted by Gasteiger charge is -2.09. The minimum atomic E-state index is -0.548. The van der Waals surface area contributed by atoms with Crippen LogP contribution >= 0.6 is 22.7 Å². The maximum absolute atomic E-state index is 12.4. The molecule has 0 bridgehead atoms. The Bertz CT molecular complexity index is 1430. The van der Waals surface area contributed by atoms with E-state index < -0.39 is 18.5 Å². The summed E-state index contributed by atoms with van der Waals surface area (Å²) in [4.78, 5) is 30.7. The molecule has 0 aliphatic heterocycles. The van der Waals surface area contributed by atoms with E-state index in [1.54, 1.807) is 41.7 Å². The Morgan fingerprint density at radius 1 is 0.824 bits per heavy atom. The van der Waals surface area contributed by atoms with Gasteiger partial charge in [0, 0.05) is 11.8 Å². The standard InChI is InChI=1S/C26H18N2O4S2/c29-24(27-17-7-6-10-19(15-17)32-18-8-2-1-3-9-18)16-31-26(30)23-14-13-22(33-23)25-28-20-11-4-5-12-21(20)34-25/h1-15H,16H2,(H,27,29). The minimum Gasteiger partial charge on any atom is -0.457 e. The maximum atomic E-state index is 12.4. The van der Waals surface area contributed by atoms with Crippen molar-refractivity contribution in [2.75, 3.05) is 11.9 Å². The number of carbonyl (C=O) groups excluding carboxylic acids is 2. The molecule has 3 aromatic carbocycles. The highest BCUT2D eigenvalue weighted by Gasteiger charge is 2.16. The molecule has 0 atom stereocenters. The fourth-order valence-electron chi connectivity index (χ4n) is 3.20. The van der Waals surface area contributed by atoms with E-state index in [0.717, 1.165) is 20.1 Å². The van der Waals surface area contributed by atoms with E-state index in [4.69, 9.17) is 9.47 Å².